The van der Waals surface area contributed by atoms with Crippen LogP contribution >= 0.6 is 0 Å². The van der Waals surface area contributed by atoms with Gasteiger partial charge in [-0.05, 0) is 61.1 Å². The third kappa shape index (κ3) is 6.69. The maximum absolute atomic E-state index is 13.9. The summed E-state index contributed by atoms with van der Waals surface area (Å²) in [5, 5.41) is 13.9. The van der Waals surface area contributed by atoms with Crippen LogP contribution < -0.4 is 15.4 Å². The zero-order valence-corrected chi connectivity index (χ0v) is 22.3. The zero-order chi connectivity index (χ0) is 28.8. The average molecular weight is 560 g/mol. The van der Waals surface area contributed by atoms with Crippen LogP contribution in [0, 0.1) is 30.0 Å². The fraction of sp³-hybridized carbons (Fsp3) is 0.379. The van der Waals surface area contributed by atoms with E-state index in [4.69, 9.17) is 11.2 Å². The van der Waals surface area contributed by atoms with Crippen molar-refractivity contribution in [3.63, 3.8) is 0 Å². The lowest BCUT2D eigenvalue weighted by Gasteiger charge is -2.40. The number of aromatic nitrogens is 4. The third-order valence-corrected chi connectivity index (χ3v) is 7.43. The van der Waals surface area contributed by atoms with Gasteiger partial charge in [0, 0.05) is 32.1 Å². The van der Waals surface area contributed by atoms with E-state index in [0.29, 0.717) is 43.7 Å². The minimum absolute atomic E-state index is 0.00780. The summed E-state index contributed by atoms with van der Waals surface area (Å²) in [5.74, 6) is 1.38. The Labute approximate surface area is 236 Å². The molecule has 3 atom stereocenters. The minimum Gasteiger partial charge on any atom is -0.477 e. The molecule has 41 heavy (non-hydrogen) atoms. The summed E-state index contributed by atoms with van der Waals surface area (Å²) in [6, 6.07) is 8.05. The van der Waals surface area contributed by atoms with Gasteiger partial charge in [0.1, 0.15) is 17.4 Å². The first kappa shape index (κ1) is 27.8. The number of carbonyl (C=O) groups excluding carboxylic acids is 3. The van der Waals surface area contributed by atoms with Crippen molar-refractivity contribution in [2.24, 2.45) is 11.8 Å². The zero-order valence-electron chi connectivity index (χ0n) is 22.3. The summed E-state index contributed by atoms with van der Waals surface area (Å²) in [6.45, 7) is 1.30. The fourth-order valence-electron chi connectivity index (χ4n) is 5.30. The van der Waals surface area contributed by atoms with E-state index in [1.165, 1.54) is 23.0 Å². The van der Waals surface area contributed by atoms with Crippen LogP contribution in [0.3, 0.4) is 0 Å². The smallest absolute Gasteiger partial charge is 0.257 e. The van der Waals surface area contributed by atoms with Gasteiger partial charge in [-0.1, -0.05) is 11.1 Å². The maximum Gasteiger partial charge on any atom is 0.257 e. The van der Waals surface area contributed by atoms with Crippen molar-refractivity contribution >= 4 is 17.7 Å². The highest BCUT2D eigenvalue weighted by molar-refractivity contribution is 5.99. The standard InChI is InChI=1S/C29H30FN7O4/c1-2-11-31-26(38)15-19-9-13-36-17-20(19)10-14-41-28-24(4-3-12-32-28)27(39)33-25(29(36)40)16-22-18-37(35-34-22)23-7-5-21(30)6-8-23/h1,3-8,12,18-20,25H,9-11,13-17H2,(H,31,38)(H,33,39)/t19-,20-,25+/m0/s1. The first-order valence-corrected chi connectivity index (χ1v) is 13.5. The average Bonchev–Trinajstić information content (AvgIpc) is 3.44. The fourth-order valence-corrected chi connectivity index (χ4v) is 5.30. The largest absolute Gasteiger partial charge is 0.477 e. The molecule has 2 aliphatic rings. The van der Waals surface area contributed by atoms with Crippen LogP contribution in [0.4, 0.5) is 4.39 Å². The third-order valence-electron chi connectivity index (χ3n) is 7.43. The first-order chi connectivity index (χ1) is 19.9. The highest BCUT2D eigenvalue weighted by atomic mass is 19.1. The molecule has 212 valence electrons. The SMILES string of the molecule is C#CCNC(=O)C[C@@H]1CCN2C[C@@H]1CCOc1ncccc1C(=O)N[C@H](Cc1cn(-c3ccc(F)cc3)nn1)C2=O. The Hall–Kier alpha value is -4.79. The number of benzene rings is 1. The number of pyridine rings is 1. The van der Waals surface area contributed by atoms with E-state index in [1.807, 2.05) is 0 Å². The van der Waals surface area contributed by atoms with Gasteiger partial charge in [-0.3, -0.25) is 14.4 Å². The monoisotopic (exact) mass is 559 g/mol. The quantitative estimate of drug-likeness (QED) is 0.438. The predicted molar refractivity (Wildman–Crippen MR) is 145 cm³/mol. The van der Waals surface area contributed by atoms with Gasteiger partial charge in [0.2, 0.25) is 17.7 Å². The second-order valence-corrected chi connectivity index (χ2v) is 10.1. The number of piperidine rings is 1. The Bertz CT molecular complexity index is 1450. The molecule has 12 heteroatoms. The van der Waals surface area contributed by atoms with Crippen LogP contribution in [0.1, 0.15) is 35.3 Å². The van der Waals surface area contributed by atoms with Crippen LogP contribution in [0.15, 0.2) is 48.8 Å². The number of ether oxygens (including phenoxy) is 1. The highest BCUT2D eigenvalue weighted by Crippen LogP contribution is 2.30. The second kappa shape index (κ2) is 12.6. The van der Waals surface area contributed by atoms with E-state index < -0.39 is 11.9 Å². The van der Waals surface area contributed by atoms with Gasteiger partial charge in [0.05, 0.1) is 30.7 Å². The lowest BCUT2D eigenvalue weighted by atomic mass is 9.80. The van der Waals surface area contributed by atoms with E-state index >= 15 is 0 Å². The molecule has 1 fully saturated rings. The molecule has 0 aliphatic carbocycles. The molecule has 3 amide bonds. The summed E-state index contributed by atoms with van der Waals surface area (Å²) in [5.41, 5.74) is 1.29. The van der Waals surface area contributed by atoms with Gasteiger partial charge in [0.15, 0.2) is 0 Å². The van der Waals surface area contributed by atoms with Crippen molar-refractivity contribution < 1.29 is 23.5 Å². The number of nitrogens with zero attached hydrogens (tertiary/aromatic N) is 5. The van der Waals surface area contributed by atoms with E-state index in [-0.39, 0.29) is 60.5 Å². The van der Waals surface area contributed by atoms with Crippen LogP contribution in [0.25, 0.3) is 5.69 Å². The van der Waals surface area contributed by atoms with Crippen LogP contribution in [0.2, 0.25) is 0 Å². The molecule has 11 nitrogen and oxygen atoms in total. The number of carbonyl (C=O) groups is 3. The minimum atomic E-state index is -0.940. The molecule has 1 saturated heterocycles. The molecule has 3 aromatic rings. The van der Waals surface area contributed by atoms with Crippen molar-refractivity contribution in [1.29, 1.82) is 0 Å². The molecule has 0 unspecified atom stereocenters. The van der Waals surface area contributed by atoms with Crippen molar-refractivity contribution in [1.82, 2.24) is 35.5 Å². The van der Waals surface area contributed by atoms with Gasteiger partial charge in [0.25, 0.3) is 5.91 Å². The predicted octanol–water partition coefficient (Wildman–Crippen LogP) is 1.53. The normalized spacial score (nSPS) is 20.9. The Balaban J connectivity index is 1.40. The molecule has 5 rings (SSSR count). The van der Waals surface area contributed by atoms with Gasteiger partial charge in [-0.25, -0.2) is 14.1 Å². The molecule has 2 aliphatic heterocycles. The second-order valence-electron chi connectivity index (χ2n) is 10.1. The lowest BCUT2D eigenvalue weighted by Crippen LogP contribution is -2.54. The highest BCUT2D eigenvalue weighted by Gasteiger charge is 2.36. The molecule has 4 heterocycles. The number of amides is 3. The van der Waals surface area contributed by atoms with Gasteiger partial charge < -0.3 is 20.3 Å². The van der Waals surface area contributed by atoms with Gasteiger partial charge in [-0.15, -0.1) is 11.5 Å². The molecule has 2 aromatic heterocycles. The number of fused-ring (bicyclic) bond motifs is 3. The Kier molecular flexibility index (Phi) is 8.53. The number of hydrogen-bond acceptors (Lipinski definition) is 7. The summed E-state index contributed by atoms with van der Waals surface area (Å²) >= 11 is 0. The molecule has 2 bridgehead atoms. The molecular weight excluding hydrogens is 529 g/mol. The number of terminal acetylenes is 1. The molecular formula is C29H30FN7O4. The summed E-state index contributed by atoms with van der Waals surface area (Å²) in [7, 11) is 0. The lowest BCUT2D eigenvalue weighted by molar-refractivity contribution is -0.136. The Morgan fingerprint density at radius 1 is 1.22 bits per heavy atom. The maximum atomic E-state index is 13.9. The molecule has 0 radical (unpaired) electrons. The number of hydrogen-bond donors (Lipinski definition) is 2. The summed E-state index contributed by atoms with van der Waals surface area (Å²) in [4.78, 5) is 45.6. The van der Waals surface area contributed by atoms with Gasteiger partial charge >= 0.3 is 0 Å². The van der Waals surface area contributed by atoms with Crippen molar-refractivity contribution in [2.75, 3.05) is 26.2 Å². The summed E-state index contributed by atoms with van der Waals surface area (Å²) in [6.07, 6.45) is 10.0. The number of rotatable bonds is 6. The van der Waals surface area contributed by atoms with E-state index in [9.17, 15) is 18.8 Å². The summed E-state index contributed by atoms with van der Waals surface area (Å²) < 4.78 is 20.8. The Morgan fingerprint density at radius 3 is 2.85 bits per heavy atom. The van der Waals surface area contributed by atoms with E-state index in [1.54, 1.807) is 35.4 Å². The van der Waals surface area contributed by atoms with Crippen molar-refractivity contribution in [3.05, 3.63) is 65.9 Å². The number of nitrogens with one attached hydrogen (secondary N) is 2. The molecule has 0 saturated carbocycles. The molecule has 1 aromatic carbocycles. The molecule has 0 spiro atoms. The molecule has 2 N–H and O–H groups in total. The topological polar surface area (TPSA) is 131 Å². The number of halogens is 1. The van der Waals surface area contributed by atoms with Crippen LogP contribution in [0.5, 0.6) is 5.88 Å². The van der Waals surface area contributed by atoms with Crippen molar-refractivity contribution in [2.45, 2.75) is 31.7 Å². The van der Waals surface area contributed by atoms with E-state index in [0.717, 1.165) is 0 Å². The van der Waals surface area contributed by atoms with Gasteiger partial charge in [-0.2, -0.15) is 0 Å². The first-order valence-electron chi connectivity index (χ1n) is 13.5. The Morgan fingerprint density at radius 2 is 2.05 bits per heavy atom. The van der Waals surface area contributed by atoms with E-state index in [2.05, 4.69) is 31.9 Å². The van der Waals surface area contributed by atoms with Crippen LogP contribution in [-0.4, -0.2) is 74.9 Å². The van der Waals surface area contributed by atoms with Crippen molar-refractivity contribution in [3.8, 4) is 23.9 Å². The van der Waals surface area contributed by atoms with Crippen LogP contribution in [-0.2, 0) is 16.0 Å².